The van der Waals surface area contributed by atoms with Gasteiger partial charge in [-0.15, -0.1) is 0 Å². The van der Waals surface area contributed by atoms with Crippen LogP contribution >= 0.6 is 0 Å². The molecule has 0 amide bonds. The van der Waals surface area contributed by atoms with Crippen LogP contribution in [0.2, 0.25) is 0 Å². The van der Waals surface area contributed by atoms with Gasteiger partial charge in [0.1, 0.15) is 5.82 Å². The molecule has 2 rings (SSSR count). The average Bonchev–Trinajstić information content (AvgIpc) is 2.34. The van der Waals surface area contributed by atoms with Crippen molar-refractivity contribution in [3.8, 4) is 5.75 Å². The van der Waals surface area contributed by atoms with Gasteiger partial charge >= 0.3 is 5.69 Å². The molecule has 0 radical (unpaired) electrons. The molecule has 1 aromatic rings. The summed E-state index contributed by atoms with van der Waals surface area (Å²) >= 11 is 0. The van der Waals surface area contributed by atoms with Crippen LogP contribution in [0.4, 0.5) is 10.1 Å². The summed E-state index contributed by atoms with van der Waals surface area (Å²) in [5.41, 5.74) is -0.276. The van der Waals surface area contributed by atoms with E-state index < -0.39 is 22.2 Å². The highest BCUT2D eigenvalue weighted by atomic mass is 19.1. The number of hydrogen-bond acceptors (Lipinski definition) is 4. The third kappa shape index (κ3) is 2.76. The molecule has 0 bridgehead atoms. The Balaban J connectivity index is 2.23. The van der Waals surface area contributed by atoms with Gasteiger partial charge < -0.3 is 10.4 Å². The molecule has 1 aliphatic heterocycles. The molecule has 0 aliphatic carbocycles. The van der Waals surface area contributed by atoms with Gasteiger partial charge in [0, 0.05) is 11.6 Å². The lowest BCUT2D eigenvalue weighted by Gasteiger charge is -2.23. The summed E-state index contributed by atoms with van der Waals surface area (Å²) in [6.45, 7) is 0.892. The van der Waals surface area contributed by atoms with Crippen molar-refractivity contribution in [2.45, 2.75) is 31.7 Å². The van der Waals surface area contributed by atoms with Crippen molar-refractivity contribution >= 4 is 5.69 Å². The number of nitrogens with one attached hydrogen (secondary N) is 1. The van der Waals surface area contributed by atoms with Gasteiger partial charge in [0.2, 0.25) is 0 Å². The summed E-state index contributed by atoms with van der Waals surface area (Å²) < 4.78 is 13.3. The summed E-state index contributed by atoms with van der Waals surface area (Å²) in [6, 6.07) is 2.05. The van der Waals surface area contributed by atoms with Gasteiger partial charge in [-0.3, -0.25) is 10.1 Å². The first-order valence-corrected chi connectivity index (χ1v) is 5.97. The Kier molecular flexibility index (Phi) is 3.76. The van der Waals surface area contributed by atoms with Crippen molar-refractivity contribution in [2.24, 2.45) is 0 Å². The highest BCUT2D eigenvalue weighted by Crippen LogP contribution is 2.32. The molecule has 1 heterocycles. The maximum Gasteiger partial charge on any atom is 0.313 e. The lowest BCUT2D eigenvalue weighted by molar-refractivity contribution is -0.386. The van der Waals surface area contributed by atoms with Gasteiger partial charge in [0.25, 0.3) is 0 Å². The van der Waals surface area contributed by atoms with E-state index in [1.165, 1.54) is 6.07 Å². The summed E-state index contributed by atoms with van der Waals surface area (Å²) in [7, 11) is 0. The third-order valence-electron chi connectivity index (χ3n) is 3.21. The van der Waals surface area contributed by atoms with Crippen molar-refractivity contribution < 1.29 is 14.4 Å². The molecule has 1 saturated heterocycles. The maximum atomic E-state index is 13.3. The van der Waals surface area contributed by atoms with Gasteiger partial charge in [0.05, 0.1) is 11.0 Å². The molecule has 2 N–H and O–H groups in total. The fraction of sp³-hybridized carbons (Fsp3) is 0.500. The van der Waals surface area contributed by atoms with E-state index in [0.717, 1.165) is 31.9 Å². The normalized spacial score (nSPS) is 19.7. The second kappa shape index (κ2) is 5.30. The fourth-order valence-corrected chi connectivity index (χ4v) is 2.30. The van der Waals surface area contributed by atoms with Crippen LogP contribution in [-0.4, -0.2) is 22.6 Å². The first-order valence-electron chi connectivity index (χ1n) is 5.97. The van der Waals surface area contributed by atoms with Crippen LogP contribution in [0.25, 0.3) is 0 Å². The van der Waals surface area contributed by atoms with Crippen molar-refractivity contribution in [3.05, 3.63) is 33.6 Å². The van der Waals surface area contributed by atoms with Crippen LogP contribution in [0.1, 0.15) is 24.8 Å². The number of benzene rings is 1. The Morgan fingerprint density at radius 2 is 2.28 bits per heavy atom. The number of hydrogen-bond donors (Lipinski definition) is 2. The third-order valence-corrected chi connectivity index (χ3v) is 3.21. The number of piperidine rings is 1. The molecular weight excluding hydrogens is 239 g/mol. The number of aromatic hydroxyl groups is 1. The fourth-order valence-electron chi connectivity index (χ4n) is 2.30. The van der Waals surface area contributed by atoms with E-state index in [1.807, 2.05) is 0 Å². The topological polar surface area (TPSA) is 75.4 Å². The zero-order chi connectivity index (χ0) is 13.1. The van der Waals surface area contributed by atoms with Crippen LogP contribution < -0.4 is 5.32 Å². The Bertz CT molecular complexity index is 459. The van der Waals surface area contributed by atoms with Gasteiger partial charge in [-0.05, 0) is 31.9 Å². The van der Waals surface area contributed by atoms with Crippen molar-refractivity contribution in [2.75, 3.05) is 6.54 Å². The molecule has 6 heteroatoms. The number of nitro benzene ring substituents is 1. The van der Waals surface area contributed by atoms with Gasteiger partial charge in [-0.25, -0.2) is 4.39 Å². The average molecular weight is 254 g/mol. The second-order valence-electron chi connectivity index (χ2n) is 4.54. The standard InChI is InChI=1S/C12H15FN2O3/c13-9-5-8(6-10-3-1-2-4-14-10)12(16)11(7-9)15(17)18/h5,7,10,14,16H,1-4,6H2. The lowest BCUT2D eigenvalue weighted by Crippen LogP contribution is -2.35. The maximum absolute atomic E-state index is 13.3. The molecule has 98 valence electrons. The first kappa shape index (κ1) is 12.8. The number of phenolic OH excluding ortho intramolecular Hbond substituents is 1. The Hall–Kier alpha value is -1.69. The largest absolute Gasteiger partial charge is 0.502 e. The highest BCUT2D eigenvalue weighted by Gasteiger charge is 2.22. The molecule has 5 nitrogen and oxygen atoms in total. The van der Waals surface area contributed by atoms with E-state index in [4.69, 9.17) is 0 Å². The molecule has 1 atom stereocenters. The minimum Gasteiger partial charge on any atom is -0.502 e. The number of rotatable bonds is 3. The minimum atomic E-state index is -0.768. The van der Waals surface area contributed by atoms with E-state index >= 15 is 0 Å². The van der Waals surface area contributed by atoms with Gasteiger partial charge in [-0.1, -0.05) is 6.42 Å². The molecular formula is C12H15FN2O3. The molecule has 1 unspecified atom stereocenters. The molecule has 0 aromatic heterocycles. The van der Waals surface area contributed by atoms with Crippen LogP contribution in [-0.2, 0) is 6.42 Å². The van der Waals surface area contributed by atoms with Crippen LogP contribution in [0.15, 0.2) is 12.1 Å². The monoisotopic (exact) mass is 254 g/mol. The Morgan fingerprint density at radius 3 is 2.89 bits per heavy atom. The van der Waals surface area contributed by atoms with E-state index in [-0.39, 0.29) is 6.04 Å². The summed E-state index contributed by atoms with van der Waals surface area (Å²) in [5.74, 6) is -1.11. The second-order valence-corrected chi connectivity index (χ2v) is 4.54. The van der Waals surface area contributed by atoms with Crippen LogP contribution in [0.5, 0.6) is 5.75 Å². The number of nitro groups is 1. The quantitative estimate of drug-likeness (QED) is 0.640. The highest BCUT2D eigenvalue weighted by molar-refractivity contribution is 5.51. The van der Waals surface area contributed by atoms with Gasteiger partial charge in [0.15, 0.2) is 5.75 Å². The first-order chi connectivity index (χ1) is 8.58. The number of phenols is 1. The van der Waals surface area contributed by atoms with Crippen molar-refractivity contribution in [1.82, 2.24) is 5.32 Å². The van der Waals surface area contributed by atoms with Crippen LogP contribution in [0.3, 0.4) is 0 Å². The summed E-state index contributed by atoms with van der Waals surface area (Å²) in [5, 5.41) is 23.7. The van der Waals surface area contributed by atoms with E-state index in [1.54, 1.807) is 0 Å². The summed E-state index contributed by atoms with van der Waals surface area (Å²) in [4.78, 5) is 9.91. The van der Waals surface area contributed by atoms with Gasteiger partial charge in [-0.2, -0.15) is 0 Å². The van der Waals surface area contributed by atoms with Crippen molar-refractivity contribution in [1.29, 1.82) is 0 Å². The molecule has 0 saturated carbocycles. The molecule has 1 fully saturated rings. The molecule has 18 heavy (non-hydrogen) atoms. The Morgan fingerprint density at radius 1 is 1.50 bits per heavy atom. The zero-order valence-electron chi connectivity index (χ0n) is 9.86. The number of halogens is 1. The van der Waals surface area contributed by atoms with E-state index in [0.29, 0.717) is 12.0 Å². The van der Waals surface area contributed by atoms with E-state index in [2.05, 4.69) is 5.32 Å². The SMILES string of the molecule is O=[N+]([O-])c1cc(F)cc(CC2CCCCN2)c1O. The predicted molar refractivity (Wildman–Crippen MR) is 64.1 cm³/mol. The zero-order valence-corrected chi connectivity index (χ0v) is 9.86. The predicted octanol–water partition coefficient (Wildman–Crippen LogP) is 2.12. The van der Waals surface area contributed by atoms with E-state index in [9.17, 15) is 19.6 Å². The molecule has 0 spiro atoms. The Labute approximate surface area is 104 Å². The lowest BCUT2D eigenvalue weighted by atomic mass is 9.97. The minimum absolute atomic E-state index is 0.144. The summed E-state index contributed by atoms with van der Waals surface area (Å²) in [6.07, 6.45) is 3.52. The number of nitrogens with zero attached hydrogens (tertiary/aromatic N) is 1. The molecule has 1 aliphatic rings. The van der Waals surface area contributed by atoms with Crippen LogP contribution in [0, 0.1) is 15.9 Å². The molecule has 1 aromatic carbocycles. The van der Waals surface area contributed by atoms with Crippen molar-refractivity contribution in [3.63, 3.8) is 0 Å². The smallest absolute Gasteiger partial charge is 0.313 e.